The molecule has 0 saturated carbocycles. The van der Waals surface area contributed by atoms with Crippen molar-refractivity contribution in [3.63, 3.8) is 0 Å². The van der Waals surface area contributed by atoms with Crippen molar-refractivity contribution in [2.75, 3.05) is 6.54 Å². The number of hydrogen-bond donors (Lipinski definition) is 1. The van der Waals surface area contributed by atoms with Crippen molar-refractivity contribution in [2.45, 2.75) is 40.5 Å². The van der Waals surface area contributed by atoms with Crippen molar-refractivity contribution >= 4 is 0 Å². The summed E-state index contributed by atoms with van der Waals surface area (Å²) in [5.74, 6) is 2.32. The molecule has 0 spiro atoms. The SMILES string of the molecule is CCC(C)C(CN)CC(C)C. The zero-order valence-corrected chi connectivity index (χ0v) is 8.43. The van der Waals surface area contributed by atoms with Crippen LogP contribution in [0.2, 0.25) is 0 Å². The highest BCUT2D eigenvalue weighted by Crippen LogP contribution is 2.21. The fourth-order valence-electron chi connectivity index (χ4n) is 1.50. The minimum Gasteiger partial charge on any atom is -0.330 e. The third-order valence-electron chi connectivity index (χ3n) is 2.53. The van der Waals surface area contributed by atoms with Gasteiger partial charge in [-0.2, -0.15) is 0 Å². The Morgan fingerprint density at radius 1 is 1.18 bits per heavy atom. The molecule has 0 aliphatic rings. The van der Waals surface area contributed by atoms with Crippen LogP contribution in [-0.2, 0) is 0 Å². The summed E-state index contributed by atoms with van der Waals surface area (Å²) >= 11 is 0. The molecular weight excluding hydrogens is 134 g/mol. The van der Waals surface area contributed by atoms with E-state index >= 15 is 0 Å². The normalized spacial score (nSPS) is 16.9. The molecule has 0 aromatic carbocycles. The van der Waals surface area contributed by atoms with Gasteiger partial charge in [-0.1, -0.05) is 34.1 Å². The molecule has 11 heavy (non-hydrogen) atoms. The van der Waals surface area contributed by atoms with Gasteiger partial charge in [0.1, 0.15) is 0 Å². The Hall–Kier alpha value is -0.0400. The lowest BCUT2D eigenvalue weighted by Crippen LogP contribution is -2.22. The molecule has 68 valence electrons. The minimum atomic E-state index is 0.736. The van der Waals surface area contributed by atoms with Gasteiger partial charge < -0.3 is 5.73 Å². The van der Waals surface area contributed by atoms with E-state index in [1.165, 1.54) is 12.8 Å². The van der Waals surface area contributed by atoms with Crippen LogP contribution in [0.5, 0.6) is 0 Å². The van der Waals surface area contributed by atoms with Crippen molar-refractivity contribution in [1.29, 1.82) is 0 Å². The Kier molecular flexibility index (Phi) is 5.57. The van der Waals surface area contributed by atoms with Crippen LogP contribution in [0.4, 0.5) is 0 Å². The maximum absolute atomic E-state index is 5.70. The number of nitrogens with two attached hydrogens (primary N) is 1. The molecule has 1 nitrogen and oxygen atoms in total. The first kappa shape index (κ1) is 11.0. The van der Waals surface area contributed by atoms with Gasteiger partial charge in [0.2, 0.25) is 0 Å². The van der Waals surface area contributed by atoms with Crippen molar-refractivity contribution in [3.8, 4) is 0 Å². The number of rotatable bonds is 5. The van der Waals surface area contributed by atoms with Gasteiger partial charge in [-0.15, -0.1) is 0 Å². The summed E-state index contributed by atoms with van der Waals surface area (Å²) in [5.41, 5.74) is 5.70. The summed E-state index contributed by atoms with van der Waals surface area (Å²) in [6, 6.07) is 0. The zero-order chi connectivity index (χ0) is 8.85. The van der Waals surface area contributed by atoms with Gasteiger partial charge in [0.15, 0.2) is 0 Å². The van der Waals surface area contributed by atoms with Crippen LogP contribution < -0.4 is 5.73 Å². The third kappa shape index (κ3) is 4.41. The van der Waals surface area contributed by atoms with E-state index in [2.05, 4.69) is 27.7 Å². The molecule has 0 amide bonds. The van der Waals surface area contributed by atoms with Crippen LogP contribution in [0, 0.1) is 17.8 Å². The van der Waals surface area contributed by atoms with Crippen LogP contribution in [0.25, 0.3) is 0 Å². The molecule has 2 unspecified atom stereocenters. The molecule has 0 fully saturated rings. The van der Waals surface area contributed by atoms with E-state index < -0.39 is 0 Å². The predicted octanol–water partition coefficient (Wildman–Crippen LogP) is 2.65. The largest absolute Gasteiger partial charge is 0.330 e. The Labute approximate surface area is 71.4 Å². The monoisotopic (exact) mass is 157 g/mol. The van der Waals surface area contributed by atoms with Crippen LogP contribution >= 0.6 is 0 Å². The van der Waals surface area contributed by atoms with Crippen molar-refractivity contribution in [1.82, 2.24) is 0 Å². The highest BCUT2D eigenvalue weighted by molar-refractivity contribution is 4.67. The van der Waals surface area contributed by atoms with E-state index in [1.54, 1.807) is 0 Å². The molecular formula is C10H23N. The summed E-state index contributed by atoms with van der Waals surface area (Å²) < 4.78 is 0. The maximum Gasteiger partial charge on any atom is -0.00462 e. The quantitative estimate of drug-likeness (QED) is 0.652. The molecule has 0 saturated heterocycles. The van der Waals surface area contributed by atoms with Crippen molar-refractivity contribution < 1.29 is 0 Å². The van der Waals surface area contributed by atoms with Gasteiger partial charge in [0.05, 0.1) is 0 Å². The first-order chi connectivity index (χ1) is 5.11. The first-order valence-corrected chi connectivity index (χ1v) is 4.81. The van der Waals surface area contributed by atoms with Gasteiger partial charge in [-0.3, -0.25) is 0 Å². The summed E-state index contributed by atoms with van der Waals surface area (Å²) in [6.07, 6.45) is 2.54. The average molecular weight is 157 g/mol. The molecule has 0 aliphatic carbocycles. The molecule has 0 aromatic heterocycles. The van der Waals surface area contributed by atoms with E-state index in [0.29, 0.717) is 0 Å². The molecule has 2 N–H and O–H groups in total. The van der Waals surface area contributed by atoms with E-state index in [9.17, 15) is 0 Å². The van der Waals surface area contributed by atoms with Gasteiger partial charge in [-0.25, -0.2) is 0 Å². The zero-order valence-electron chi connectivity index (χ0n) is 8.43. The van der Waals surface area contributed by atoms with Crippen LogP contribution in [0.3, 0.4) is 0 Å². The summed E-state index contributed by atoms with van der Waals surface area (Å²) in [4.78, 5) is 0. The second-order valence-corrected chi connectivity index (χ2v) is 4.01. The van der Waals surface area contributed by atoms with E-state index in [1.807, 2.05) is 0 Å². The Morgan fingerprint density at radius 3 is 2.00 bits per heavy atom. The van der Waals surface area contributed by atoms with E-state index in [0.717, 1.165) is 24.3 Å². The number of hydrogen-bond acceptors (Lipinski definition) is 1. The minimum absolute atomic E-state index is 0.736. The second-order valence-electron chi connectivity index (χ2n) is 4.01. The van der Waals surface area contributed by atoms with Crippen molar-refractivity contribution in [3.05, 3.63) is 0 Å². The topological polar surface area (TPSA) is 26.0 Å². The molecule has 2 atom stereocenters. The molecule has 0 bridgehead atoms. The van der Waals surface area contributed by atoms with Crippen LogP contribution in [0.15, 0.2) is 0 Å². The van der Waals surface area contributed by atoms with Crippen LogP contribution in [-0.4, -0.2) is 6.54 Å². The predicted molar refractivity (Wildman–Crippen MR) is 51.5 cm³/mol. The lowest BCUT2D eigenvalue weighted by atomic mass is 9.85. The van der Waals surface area contributed by atoms with E-state index in [-0.39, 0.29) is 0 Å². The van der Waals surface area contributed by atoms with Crippen molar-refractivity contribution in [2.24, 2.45) is 23.5 Å². The molecule has 0 heterocycles. The molecule has 0 aromatic rings. The van der Waals surface area contributed by atoms with Gasteiger partial charge in [0, 0.05) is 0 Å². The highest BCUT2D eigenvalue weighted by Gasteiger charge is 2.14. The lowest BCUT2D eigenvalue weighted by molar-refractivity contribution is 0.300. The van der Waals surface area contributed by atoms with Gasteiger partial charge in [-0.05, 0) is 30.7 Å². The summed E-state index contributed by atoms with van der Waals surface area (Å²) in [5, 5.41) is 0. The fraction of sp³-hybridized carbons (Fsp3) is 1.00. The summed E-state index contributed by atoms with van der Waals surface area (Å²) in [7, 11) is 0. The Balaban J connectivity index is 3.74. The molecule has 1 heteroatoms. The molecule has 0 aliphatic heterocycles. The average Bonchev–Trinajstić information content (AvgIpc) is 1.98. The molecule has 0 radical (unpaired) electrons. The standard InChI is InChI=1S/C10H23N/c1-5-9(4)10(7-11)6-8(2)3/h8-10H,5-7,11H2,1-4H3. The molecule has 0 rings (SSSR count). The first-order valence-electron chi connectivity index (χ1n) is 4.81. The van der Waals surface area contributed by atoms with Crippen LogP contribution in [0.1, 0.15) is 40.5 Å². The summed E-state index contributed by atoms with van der Waals surface area (Å²) in [6.45, 7) is 9.94. The Bertz CT molecular complexity index is 88.9. The Morgan fingerprint density at radius 2 is 1.73 bits per heavy atom. The smallest absolute Gasteiger partial charge is 0.00462 e. The second kappa shape index (κ2) is 5.59. The van der Waals surface area contributed by atoms with Gasteiger partial charge >= 0.3 is 0 Å². The van der Waals surface area contributed by atoms with E-state index in [4.69, 9.17) is 5.73 Å². The maximum atomic E-state index is 5.70. The third-order valence-corrected chi connectivity index (χ3v) is 2.53. The lowest BCUT2D eigenvalue weighted by Gasteiger charge is -2.22. The fourth-order valence-corrected chi connectivity index (χ4v) is 1.50. The van der Waals surface area contributed by atoms with Gasteiger partial charge in [0.25, 0.3) is 0 Å². The highest BCUT2D eigenvalue weighted by atomic mass is 14.6.